The summed E-state index contributed by atoms with van der Waals surface area (Å²) in [6, 6.07) is 16.2. The zero-order chi connectivity index (χ0) is 13.5. The monoisotopic (exact) mass is 257 g/mol. The number of aliphatic hydroxyl groups is 1. The Morgan fingerprint density at radius 1 is 1.05 bits per heavy atom. The smallest absolute Gasteiger partial charge is 0.259 e. The van der Waals surface area contributed by atoms with Crippen LogP contribution in [0.3, 0.4) is 0 Å². The normalized spacial score (nSPS) is 9.95. The summed E-state index contributed by atoms with van der Waals surface area (Å²) < 4.78 is 5.33. The highest BCUT2D eigenvalue weighted by Crippen LogP contribution is 2.19. The van der Waals surface area contributed by atoms with E-state index in [2.05, 4.69) is 5.32 Å². The molecule has 1 amide bonds. The first-order chi connectivity index (χ1) is 9.31. The standard InChI is InChI=1S/C15H15NO3/c17-10-11-19-14-9-5-4-8-13(14)15(18)16-12-6-2-1-3-7-12/h1-9,17H,10-11H2,(H,16,18). The van der Waals surface area contributed by atoms with Gasteiger partial charge in [-0.3, -0.25) is 4.79 Å². The molecule has 0 radical (unpaired) electrons. The summed E-state index contributed by atoms with van der Waals surface area (Å²) in [6.07, 6.45) is 0. The molecule has 0 aromatic heterocycles. The van der Waals surface area contributed by atoms with Crippen LogP contribution < -0.4 is 10.1 Å². The molecule has 4 nitrogen and oxygen atoms in total. The topological polar surface area (TPSA) is 58.6 Å². The molecule has 19 heavy (non-hydrogen) atoms. The number of hydrogen-bond acceptors (Lipinski definition) is 3. The fourth-order valence-corrected chi connectivity index (χ4v) is 1.66. The number of nitrogens with one attached hydrogen (secondary N) is 1. The molecule has 98 valence electrons. The molecule has 0 aliphatic carbocycles. The first-order valence-electron chi connectivity index (χ1n) is 6.00. The van der Waals surface area contributed by atoms with Gasteiger partial charge in [-0.1, -0.05) is 30.3 Å². The van der Waals surface area contributed by atoms with E-state index < -0.39 is 0 Å². The molecule has 0 aliphatic rings. The number of carbonyl (C=O) groups is 1. The molecular formula is C15H15NO3. The van der Waals surface area contributed by atoms with Gasteiger partial charge in [-0.05, 0) is 24.3 Å². The van der Waals surface area contributed by atoms with E-state index in [1.54, 1.807) is 24.3 Å². The van der Waals surface area contributed by atoms with Crippen molar-refractivity contribution in [3.8, 4) is 5.75 Å². The third-order valence-electron chi connectivity index (χ3n) is 2.51. The first kappa shape index (κ1) is 13.1. The largest absolute Gasteiger partial charge is 0.490 e. The summed E-state index contributed by atoms with van der Waals surface area (Å²) in [4.78, 5) is 12.1. The summed E-state index contributed by atoms with van der Waals surface area (Å²) in [5.74, 6) is 0.227. The number of benzene rings is 2. The van der Waals surface area contributed by atoms with Gasteiger partial charge < -0.3 is 15.2 Å². The Kier molecular flexibility index (Phi) is 4.53. The van der Waals surface area contributed by atoms with Gasteiger partial charge >= 0.3 is 0 Å². The number of anilines is 1. The summed E-state index contributed by atoms with van der Waals surface area (Å²) in [6.45, 7) is 0.0737. The molecule has 0 spiro atoms. The summed E-state index contributed by atoms with van der Waals surface area (Å²) in [5, 5.41) is 11.6. The van der Waals surface area contributed by atoms with Gasteiger partial charge in [0.2, 0.25) is 0 Å². The maximum Gasteiger partial charge on any atom is 0.259 e. The molecule has 2 N–H and O–H groups in total. The second-order valence-electron chi connectivity index (χ2n) is 3.89. The Hall–Kier alpha value is -2.33. The Balaban J connectivity index is 2.14. The summed E-state index contributed by atoms with van der Waals surface area (Å²) >= 11 is 0. The molecule has 2 rings (SSSR count). The van der Waals surface area contributed by atoms with Crippen molar-refractivity contribution in [2.24, 2.45) is 0 Å². The predicted octanol–water partition coefficient (Wildman–Crippen LogP) is 2.31. The first-order valence-corrected chi connectivity index (χ1v) is 6.00. The average molecular weight is 257 g/mol. The number of ether oxygens (including phenoxy) is 1. The van der Waals surface area contributed by atoms with Crippen molar-refractivity contribution in [3.63, 3.8) is 0 Å². The molecule has 4 heteroatoms. The number of para-hydroxylation sites is 2. The summed E-state index contributed by atoms with van der Waals surface area (Å²) in [5.41, 5.74) is 1.17. The van der Waals surface area contributed by atoms with E-state index in [0.29, 0.717) is 11.3 Å². The van der Waals surface area contributed by atoms with Crippen LogP contribution in [0, 0.1) is 0 Å². The Labute approximate surface area is 111 Å². The average Bonchev–Trinajstić information content (AvgIpc) is 2.46. The van der Waals surface area contributed by atoms with E-state index in [1.165, 1.54) is 0 Å². The van der Waals surface area contributed by atoms with Crippen LogP contribution >= 0.6 is 0 Å². The second-order valence-corrected chi connectivity index (χ2v) is 3.89. The van der Waals surface area contributed by atoms with Crippen molar-refractivity contribution in [1.82, 2.24) is 0 Å². The van der Waals surface area contributed by atoms with Gasteiger partial charge in [0.15, 0.2) is 0 Å². The van der Waals surface area contributed by atoms with Crippen molar-refractivity contribution < 1.29 is 14.6 Å². The van der Waals surface area contributed by atoms with E-state index in [9.17, 15) is 4.79 Å². The fraction of sp³-hybridized carbons (Fsp3) is 0.133. The van der Waals surface area contributed by atoms with Gasteiger partial charge in [0, 0.05) is 5.69 Å². The second kappa shape index (κ2) is 6.56. The minimum Gasteiger partial charge on any atom is -0.490 e. The molecule has 0 bridgehead atoms. The number of hydrogen-bond donors (Lipinski definition) is 2. The quantitative estimate of drug-likeness (QED) is 0.864. The van der Waals surface area contributed by atoms with Gasteiger partial charge in [-0.2, -0.15) is 0 Å². The van der Waals surface area contributed by atoms with E-state index >= 15 is 0 Å². The van der Waals surface area contributed by atoms with Crippen molar-refractivity contribution >= 4 is 11.6 Å². The van der Waals surface area contributed by atoms with Crippen LogP contribution in [0.25, 0.3) is 0 Å². The van der Waals surface area contributed by atoms with Crippen LogP contribution in [0.4, 0.5) is 5.69 Å². The minimum atomic E-state index is -0.236. The molecule has 0 heterocycles. The Bertz CT molecular complexity index is 540. The van der Waals surface area contributed by atoms with Gasteiger partial charge in [0.1, 0.15) is 12.4 Å². The lowest BCUT2D eigenvalue weighted by molar-refractivity contribution is 0.102. The number of aliphatic hydroxyl groups excluding tert-OH is 1. The molecule has 2 aromatic rings. The molecular weight excluding hydrogens is 242 g/mol. The fourth-order valence-electron chi connectivity index (χ4n) is 1.66. The van der Waals surface area contributed by atoms with Gasteiger partial charge in [-0.25, -0.2) is 0 Å². The molecule has 0 fully saturated rings. The highest BCUT2D eigenvalue weighted by molar-refractivity contribution is 6.06. The molecule has 0 saturated carbocycles. The zero-order valence-electron chi connectivity index (χ0n) is 10.4. The zero-order valence-corrected chi connectivity index (χ0v) is 10.4. The molecule has 2 aromatic carbocycles. The lowest BCUT2D eigenvalue weighted by atomic mass is 10.2. The SMILES string of the molecule is O=C(Nc1ccccc1)c1ccccc1OCCO. The van der Waals surface area contributed by atoms with Crippen LogP contribution in [0.15, 0.2) is 54.6 Å². The Morgan fingerprint density at radius 2 is 1.74 bits per heavy atom. The van der Waals surface area contributed by atoms with Crippen molar-refractivity contribution in [3.05, 3.63) is 60.2 Å². The number of amides is 1. The van der Waals surface area contributed by atoms with E-state index in [4.69, 9.17) is 9.84 Å². The Morgan fingerprint density at radius 3 is 2.47 bits per heavy atom. The van der Waals surface area contributed by atoms with E-state index in [1.807, 2.05) is 30.3 Å². The number of rotatable bonds is 5. The van der Waals surface area contributed by atoms with Gasteiger partial charge in [0.05, 0.1) is 12.2 Å². The van der Waals surface area contributed by atoms with Crippen molar-refractivity contribution in [2.75, 3.05) is 18.5 Å². The minimum absolute atomic E-state index is 0.0887. The van der Waals surface area contributed by atoms with Crippen LogP contribution in [0.5, 0.6) is 5.75 Å². The van der Waals surface area contributed by atoms with Crippen LogP contribution in [0.1, 0.15) is 10.4 Å². The highest BCUT2D eigenvalue weighted by atomic mass is 16.5. The predicted molar refractivity (Wildman–Crippen MR) is 73.4 cm³/mol. The molecule has 0 unspecified atom stereocenters. The molecule has 0 aliphatic heterocycles. The van der Waals surface area contributed by atoms with Crippen LogP contribution in [-0.4, -0.2) is 24.2 Å². The third kappa shape index (κ3) is 3.56. The third-order valence-corrected chi connectivity index (χ3v) is 2.51. The van der Waals surface area contributed by atoms with Crippen LogP contribution in [-0.2, 0) is 0 Å². The van der Waals surface area contributed by atoms with Crippen molar-refractivity contribution in [1.29, 1.82) is 0 Å². The maximum absolute atomic E-state index is 12.1. The molecule has 0 saturated heterocycles. The maximum atomic E-state index is 12.1. The van der Waals surface area contributed by atoms with E-state index in [0.717, 1.165) is 5.69 Å². The lowest BCUT2D eigenvalue weighted by Gasteiger charge is -2.10. The van der Waals surface area contributed by atoms with Crippen LogP contribution in [0.2, 0.25) is 0 Å². The number of carbonyl (C=O) groups excluding carboxylic acids is 1. The highest BCUT2D eigenvalue weighted by Gasteiger charge is 2.11. The van der Waals surface area contributed by atoms with Crippen molar-refractivity contribution in [2.45, 2.75) is 0 Å². The lowest BCUT2D eigenvalue weighted by Crippen LogP contribution is -2.14. The molecule has 0 atom stereocenters. The van der Waals surface area contributed by atoms with Gasteiger partial charge in [0.25, 0.3) is 5.91 Å². The van der Waals surface area contributed by atoms with E-state index in [-0.39, 0.29) is 19.1 Å². The summed E-state index contributed by atoms with van der Waals surface area (Å²) in [7, 11) is 0. The van der Waals surface area contributed by atoms with Gasteiger partial charge in [-0.15, -0.1) is 0 Å².